The lowest BCUT2D eigenvalue weighted by Gasteiger charge is -2.20. The van der Waals surface area contributed by atoms with Gasteiger partial charge in [0.2, 0.25) is 0 Å². The van der Waals surface area contributed by atoms with Gasteiger partial charge in [-0.3, -0.25) is 0 Å². The van der Waals surface area contributed by atoms with E-state index in [4.69, 9.17) is 21.4 Å². The minimum absolute atomic E-state index is 0.414. The average molecular weight is 297 g/mol. The molecule has 0 saturated heterocycles. The normalized spacial score (nSPS) is 13.2. The zero-order chi connectivity index (χ0) is 14.8. The lowest BCUT2D eigenvalue weighted by Crippen LogP contribution is -2.25. The molecule has 1 aromatic carbocycles. The van der Waals surface area contributed by atoms with Crippen LogP contribution < -0.4 is 4.74 Å². The van der Waals surface area contributed by atoms with Crippen molar-refractivity contribution < 1.29 is 27.8 Å². The topological polar surface area (TPSA) is 46.5 Å². The lowest BCUT2D eigenvalue weighted by atomic mass is 10.0. The lowest BCUT2D eigenvalue weighted by molar-refractivity contribution is -0.144. The van der Waals surface area contributed by atoms with Gasteiger partial charge in [-0.15, -0.1) is 0 Å². The molecule has 0 unspecified atom stereocenters. The van der Waals surface area contributed by atoms with Crippen LogP contribution in [0, 0.1) is 5.82 Å². The van der Waals surface area contributed by atoms with Crippen molar-refractivity contribution in [2.45, 2.75) is 32.3 Å². The fourth-order valence-corrected chi connectivity index (χ4v) is 1.50. The molecule has 106 valence electrons. The van der Waals surface area contributed by atoms with E-state index in [1.807, 2.05) is 0 Å². The van der Waals surface area contributed by atoms with Crippen LogP contribution in [0.2, 0.25) is 5.02 Å². The van der Waals surface area contributed by atoms with E-state index >= 15 is 0 Å². The van der Waals surface area contributed by atoms with E-state index in [1.54, 1.807) is 0 Å². The Labute approximate surface area is 112 Å². The van der Waals surface area contributed by atoms with Crippen LogP contribution in [-0.4, -0.2) is 17.2 Å². The monoisotopic (exact) mass is 296 g/mol. The smallest absolute Gasteiger partial charge is 0.344 e. The number of hydrogen-bond donors (Lipinski definition) is 1. The van der Waals surface area contributed by atoms with Gasteiger partial charge in [-0.1, -0.05) is 18.5 Å². The molecule has 0 radical (unpaired) electrons. The summed E-state index contributed by atoms with van der Waals surface area (Å²) in [5.74, 6) is -6.11. The maximum absolute atomic E-state index is 13.7. The fourth-order valence-electron chi connectivity index (χ4n) is 1.34. The van der Waals surface area contributed by atoms with Gasteiger partial charge >= 0.3 is 5.97 Å². The molecule has 0 aromatic heterocycles. The molecule has 1 rings (SSSR count). The Hall–Kier alpha value is -1.43. The molecule has 0 spiro atoms. The Morgan fingerprint density at radius 2 is 2.11 bits per heavy atom. The van der Waals surface area contributed by atoms with Crippen molar-refractivity contribution in [3.05, 3.63) is 28.5 Å². The molecule has 3 nitrogen and oxygen atoms in total. The van der Waals surface area contributed by atoms with Crippen molar-refractivity contribution in [1.82, 2.24) is 0 Å². The van der Waals surface area contributed by atoms with E-state index < -0.39 is 46.6 Å². The van der Waals surface area contributed by atoms with Gasteiger partial charge in [0.25, 0.3) is 5.92 Å². The number of hydrogen-bond acceptors (Lipinski definition) is 2. The van der Waals surface area contributed by atoms with Crippen LogP contribution in [0.1, 0.15) is 25.8 Å². The number of benzene rings is 1. The van der Waals surface area contributed by atoms with Crippen LogP contribution >= 0.6 is 11.6 Å². The Morgan fingerprint density at radius 1 is 1.53 bits per heavy atom. The van der Waals surface area contributed by atoms with Gasteiger partial charge in [0.1, 0.15) is 11.6 Å². The molecule has 0 heterocycles. The number of carboxylic acids is 1. The Bertz CT molecular complexity index is 491. The van der Waals surface area contributed by atoms with Gasteiger partial charge in [0.05, 0.1) is 10.6 Å². The van der Waals surface area contributed by atoms with Crippen molar-refractivity contribution in [3.8, 4) is 5.75 Å². The van der Waals surface area contributed by atoms with Gasteiger partial charge in [-0.25, -0.2) is 18.0 Å². The molecule has 7 heteroatoms. The van der Waals surface area contributed by atoms with Crippen molar-refractivity contribution in [2.75, 3.05) is 0 Å². The summed E-state index contributed by atoms with van der Waals surface area (Å²) in [6, 6.07) is 1.42. The van der Waals surface area contributed by atoms with Gasteiger partial charge < -0.3 is 9.84 Å². The Kier molecular flexibility index (Phi) is 4.68. The van der Waals surface area contributed by atoms with Crippen LogP contribution in [-0.2, 0) is 10.7 Å². The molecule has 0 saturated carbocycles. The molecule has 0 fully saturated rings. The molecule has 1 N–H and O–H groups in total. The summed E-state index contributed by atoms with van der Waals surface area (Å²) < 4.78 is 45.5. The maximum atomic E-state index is 13.7. The third-order valence-electron chi connectivity index (χ3n) is 2.51. The largest absolute Gasteiger partial charge is 0.479 e. The number of alkyl halides is 2. The first-order valence-corrected chi connectivity index (χ1v) is 5.83. The highest BCUT2D eigenvalue weighted by Gasteiger charge is 2.34. The third kappa shape index (κ3) is 3.53. The first-order chi connectivity index (χ1) is 8.69. The van der Waals surface area contributed by atoms with E-state index in [9.17, 15) is 18.0 Å². The minimum Gasteiger partial charge on any atom is -0.479 e. The van der Waals surface area contributed by atoms with Gasteiger partial charge in [0, 0.05) is 12.5 Å². The summed E-state index contributed by atoms with van der Waals surface area (Å²) in [5.41, 5.74) is -0.718. The summed E-state index contributed by atoms with van der Waals surface area (Å²) in [7, 11) is 0. The predicted octanol–water partition coefficient (Wildman–Crippen LogP) is 3.83. The molecule has 0 aliphatic carbocycles. The van der Waals surface area contributed by atoms with Gasteiger partial charge in [-0.2, -0.15) is 0 Å². The molecular formula is C12H12ClF3O3. The number of halogens is 4. The van der Waals surface area contributed by atoms with Crippen molar-refractivity contribution in [3.63, 3.8) is 0 Å². The zero-order valence-corrected chi connectivity index (χ0v) is 11.0. The molecular weight excluding hydrogens is 285 g/mol. The van der Waals surface area contributed by atoms with E-state index in [0.717, 1.165) is 6.07 Å². The molecule has 0 aliphatic rings. The quantitative estimate of drug-likeness (QED) is 0.898. The van der Waals surface area contributed by atoms with Crippen LogP contribution in [0.15, 0.2) is 12.1 Å². The summed E-state index contributed by atoms with van der Waals surface area (Å²) in [4.78, 5) is 10.7. The highest BCUT2D eigenvalue weighted by molar-refractivity contribution is 6.30. The summed E-state index contributed by atoms with van der Waals surface area (Å²) in [6.45, 7) is 2.39. The standard InChI is InChI=1S/C12H12ClF3O3/c1-3-12(15,16)7-4-9(14)8(13)5-10(7)19-6(2)11(17)18/h4-6H,3H2,1-2H3,(H,17,18)/t6-/m0/s1. The molecule has 1 atom stereocenters. The molecule has 0 bridgehead atoms. The van der Waals surface area contributed by atoms with Crippen molar-refractivity contribution in [1.29, 1.82) is 0 Å². The van der Waals surface area contributed by atoms with E-state index in [1.165, 1.54) is 13.8 Å². The number of carboxylic acid groups (broad SMARTS) is 1. The van der Waals surface area contributed by atoms with E-state index in [2.05, 4.69) is 0 Å². The van der Waals surface area contributed by atoms with Crippen LogP contribution in [0.5, 0.6) is 5.75 Å². The third-order valence-corrected chi connectivity index (χ3v) is 2.80. The van der Waals surface area contributed by atoms with E-state index in [-0.39, 0.29) is 0 Å². The van der Waals surface area contributed by atoms with Crippen LogP contribution in [0.4, 0.5) is 13.2 Å². The highest BCUT2D eigenvalue weighted by atomic mass is 35.5. The van der Waals surface area contributed by atoms with Crippen LogP contribution in [0.25, 0.3) is 0 Å². The summed E-state index contributed by atoms with van der Waals surface area (Å²) in [6.07, 6.45) is -1.93. The number of aliphatic carboxylic acids is 1. The molecule has 1 aromatic rings. The molecule has 0 amide bonds. The van der Waals surface area contributed by atoms with Gasteiger partial charge in [-0.05, 0) is 13.0 Å². The SMILES string of the molecule is CCC(F)(F)c1cc(F)c(Cl)cc1O[C@@H](C)C(=O)O. The second-order valence-corrected chi connectivity index (χ2v) is 4.33. The first-order valence-electron chi connectivity index (χ1n) is 5.45. The number of carbonyl (C=O) groups is 1. The van der Waals surface area contributed by atoms with Crippen molar-refractivity contribution in [2.24, 2.45) is 0 Å². The predicted molar refractivity (Wildman–Crippen MR) is 63.3 cm³/mol. The second kappa shape index (κ2) is 5.69. The number of ether oxygens (including phenoxy) is 1. The second-order valence-electron chi connectivity index (χ2n) is 3.92. The molecule has 0 aliphatic heterocycles. The van der Waals surface area contributed by atoms with Crippen molar-refractivity contribution >= 4 is 17.6 Å². The Morgan fingerprint density at radius 3 is 2.58 bits per heavy atom. The Balaban J connectivity index is 3.28. The number of rotatable bonds is 5. The summed E-state index contributed by atoms with van der Waals surface area (Å²) in [5, 5.41) is 8.28. The fraction of sp³-hybridized carbons (Fsp3) is 0.417. The van der Waals surface area contributed by atoms with E-state index in [0.29, 0.717) is 6.07 Å². The highest BCUT2D eigenvalue weighted by Crippen LogP contribution is 2.40. The maximum Gasteiger partial charge on any atom is 0.344 e. The summed E-state index contributed by atoms with van der Waals surface area (Å²) >= 11 is 5.49. The molecule has 19 heavy (non-hydrogen) atoms. The average Bonchev–Trinajstić information content (AvgIpc) is 2.33. The van der Waals surface area contributed by atoms with Crippen LogP contribution in [0.3, 0.4) is 0 Å². The zero-order valence-electron chi connectivity index (χ0n) is 10.2. The van der Waals surface area contributed by atoms with Gasteiger partial charge in [0.15, 0.2) is 6.10 Å². The first kappa shape index (κ1) is 15.6. The minimum atomic E-state index is -3.33.